The summed E-state index contributed by atoms with van der Waals surface area (Å²) in [6, 6.07) is -0.805. The predicted octanol–water partition coefficient (Wildman–Crippen LogP) is 0.315. The van der Waals surface area contributed by atoms with Gasteiger partial charge in [0, 0.05) is 18.9 Å². The van der Waals surface area contributed by atoms with Crippen LogP contribution < -0.4 is 5.69 Å². The molecule has 0 radical (unpaired) electrons. The Balaban J connectivity index is 3.10. The van der Waals surface area contributed by atoms with E-state index in [1.54, 1.807) is 6.20 Å². The Morgan fingerprint density at radius 1 is 1.62 bits per heavy atom. The van der Waals surface area contributed by atoms with Crippen LogP contribution in [0, 0.1) is 0 Å². The first-order chi connectivity index (χ1) is 6.07. The van der Waals surface area contributed by atoms with Crippen LogP contribution in [0.1, 0.15) is 19.9 Å². The third-order valence-electron chi connectivity index (χ3n) is 1.99. The number of hydrogen-bond donors (Lipinski definition) is 1. The third-order valence-corrected chi connectivity index (χ3v) is 1.99. The third kappa shape index (κ3) is 1.63. The molecule has 0 amide bonds. The number of rotatable bonds is 3. The summed E-state index contributed by atoms with van der Waals surface area (Å²) in [6.45, 7) is 3.86. The summed E-state index contributed by atoms with van der Waals surface area (Å²) in [7, 11) is 0. The monoisotopic (exact) mass is 184 g/mol. The van der Waals surface area contributed by atoms with E-state index in [1.165, 1.54) is 22.3 Å². The summed E-state index contributed by atoms with van der Waals surface area (Å²) >= 11 is 0. The molecule has 1 N–H and O–H groups in total. The summed E-state index contributed by atoms with van der Waals surface area (Å²) in [4.78, 5) is 22.0. The van der Waals surface area contributed by atoms with Gasteiger partial charge in [0.25, 0.3) is 0 Å². The highest BCUT2D eigenvalue weighted by Crippen LogP contribution is 2.01. The standard InChI is InChI=1S/C8H12N2O3/c1-3-9-4-5-10(8(9)13)6(2)7(11)12/h4-6H,3H2,1-2H3,(H,11,12). The second kappa shape index (κ2) is 3.47. The van der Waals surface area contributed by atoms with Crippen molar-refractivity contribution in [1.29, 1.82) is 0 Å². The van der Waals surface area contributed by atoms with Gasteiger partial charge < -0.3 is 5.11 Å². The molecule has 0 aliphatic heterocycles. The number of hydrogen-bond acceptors (Lipinski definition) is 2. The van der Waals surface area contributed by atoms with Gasteiger partial charge in [-0.1, -0.05) is 0 Å². The minimum absolute atomic E-state index is 0.280. The van der Waals surface area contributed by atoms with Gasteiger partial charge >= 0.3 is 11.7 Å². The first kappa shape index (κ1) is 9.57. The molecule has 0 aliphatic rings. The number of nitrogens with zero attached hydrogens (tertiary/aromatic N) is 2. The zero-order valence-electron chi connectivity index (χ0n) is 7.60. The molecule has 13 heavy (non-hydrogen) atoms. The molecule has 0 bridgehead atoms. The topological polar surface area (TPSA) is 64.2 Å². The lowest BCUT2D eigenvalue weighted by Gasteiger charge is -2.05. The molecular formula is C8H12N2O3. The molecule has 0 aliphatic carbocycles. The minimum Gasteiger partial charge on any atom is -0.480 e. The molecule has 5 heteroatoms. The highest BCUT2D eigenvalue weighted by Gasteiger charge is 2.15. The van der Waals surface area contributed by atoms with Gasteiger partial charge in [0.1, 0.15) is 6.04 Å². The Morgan fingerprint density at radius 3 is 2.62 bits per heavy atom. The Labute approximate surface area is 75.2 Å². The normalized spacial score (nSPS) is 12.8. The van der Waals surface area contributed by atoms with Gasteiger partial charge in [0.05, 0.1) is 0 Å². The molecule has 0 saturated heterocycles. The molecule has 1 atom stereocenters. The molecular weight excluding hydrogens is 172 g/mol. The van der Waals surface area contributed by atoms with Crippen LogP contribution in [-0.2, 0) is 11.3 Å². The van der Waals surface area contributed by atoms with Gasteiger partial charge in [-0.15, -0.1) is 0 Å². The molecule has 0 spiro atoms. The van der Waals surface area contributed by atoms with Crippen LogP contribution in [-0.4, -0.2) is 20.2 Å². The van der Waals surface area contributed by atoms with E-state index >= 15 is 0 Å². The van der Waals surface area contributed by atoms with E-state index in [-0.39, 0.29) is 5.69 Å². The number of aryl methyl sites for hydroxylation is 1. The van der Waals surface area contributed by atoms with E-state index in [4.69, 9.17) is 5.11 Å². The molecule has 1 heterocycles. The van der Waals surface area contributed by atoms with Crippen molar-refractivity contribution in [2.75, 3.05) is 0 Å². The van der Waals surface area contributed by atoms with Gasteiger partial charge in [-0.3, -0.25) is 9.13 Å². The van der Waals surface area contributed by atoms with Crippen LogP contribution in [0.3, 0.4) is 0 Å². The van der Waals surface area contributed by atoms with E-state index in [1.807, 2.05) is 6.92 Å². The van der Waals surface area contributed by atoms with E-state index in [0.29, 0.717) is 6.54 Å². The SMILES string of the molecule is CCn1ccn(C(C)C(=O)O)c1=O. The maximum absolute atomic E-state index is 11.4. The average molecular weight is 184 g/mol. The molecule has 5 nitrogen and oxygen atoms in total. The largest absolute Gasteiger partial charge is 0.480 e. The summed E-state index contributed by atoms with van der Waals surface area (Å²) in [5.74, 6) is -1.00. The number of carbonyl (C=O) groups is 1. The van der Waals surface area contributed by atoms with E-state index < -0.39 is 12.0 Å². The highest BCUT2D eigenvalue weighted by molar-refractivity contribution is 5.71. The van der Waals surface area contributed by atoms with Crippen LogP contribution >= 0.6 is 0 Å². The Kier molecular flexibility index (Phi) is 2.55. The smallest absolute Gasteiger partial charge is 0.328 e. The van der Waals surface area contributed by atoms with Crippen molar-refractivity contribution in [3.8, 4) is 0 Å². The van der Waals surface area contributed by atoms with E-state index in [0.717, 1.165) is 0 Å². The quantitative estimate of drug-likeness (QED) is 0.735. The molecule has 1 rings (SSSR count). The van der Waals surface area contributed by atoms with Crippen LogP contribution in [0.4, 0.5) is 0 Å². The lowest BCUT2D eigenvalue weighted by Crippen LogP contribution is -2.29. The molecule has 0 aromatic carbocycles. The number of aliphatic carboxylic acids is 1. The number of carboxylic acid groups (broad SMARTS) is 1. The van der Waals surface area contributed by atoms with Crippen LogP contribution in [0.15, 0.2) is 17.2 Å². The van der Waals surface area contributed by atoms with Crippen molar-refractivity contribution < 1.29 is 9.90 Å². The van der Waals surface area contributed by atoms with Gasteiger partial charge in [-0.25, -0.2) is 9.59 Å². The van der Waals surface area contributed by atoms with Crippen LogP contribution in [0.5, 0.6) is 0 Å². The zero-order valence-corrected chi connectivity index (χ0v) is 7.60. The van der Waals surface area contributed by atoms with Crippen molar-refractivity contribution in [3.63, 3.8) is 0 Å². The van der Waals surface area contributed by atoms with Crippen molar-refractivity contribution in [1.82, 2.24) is 9.13 Å². The number of carboxylic acids is 1. The molecule has 1 aromatic rings. The van der Waals surface area contributed by atoms with Gasteiger partial charge in [-0.05, 0) is 13.8 Å². The fourth-order valence-electron chi connectivity index (χ4n) is 1.08. The fraction of sp³-hybridized carbons (Fsp3) is 0.500. The Morgan fingerprint density at radius 2 is 2.23 bits per heavy atom. The first-order valence-electron chi connectivity index (χ1n) is 4.08. The van der Waals surface area contributed by atoms with Crippen LogP contribution in [0.25, 0.3) is 0 Å². The van der Waals surface area contributed by atoms with Crippen molar-refractivity contribution >= 4 is 5.97 Å². The summed E-state index contributed by atoms with van der Waals surface area (Å²) in [6.07, 6.45) is 3.08. The maximum Gasteiger partial charge on any atom is 0.328 e. The lowest BCUT2D eigenvalue weighted by atomic mass is 10.3. The Bertz CT molecular complexity index is 364. The summed E-state index contributed by atoms with van der Waals surface area (Å²) in [5.41, 5.74) is -0.280. The zero-order chi connectivity index (χ0) is 10.0. The molecule has 0 saturated carbocycles. The van der Waals surface area contributed by atoms with E-state index in [9.17, 15) is 9.59 Å². The van der Waals surface area contributed by atoms with Gasteiger partial charge in [-0.2, -0.15) is 0 Å². The Hall–Kier alpha value is -1.52. The minimum atomic E-state index is -1.00. The highest BCUT2D eigenvalue weighted by atomic mass is 16.4. The van der Waals surface area contributed by atoms with Crippen molar-refractivity contribution in [3.05, 3.63) is 22.9 Å². The lowest BCUT2D eigenvalue weighted by molar-refractivity contribution is -0.140. The number of aromatic nitrogens is 2. The summed E-state index contributed by atoms with van der Waals surface area (Å²) in [5, 5.41) is 8.67. The van der Waals surface area contributed by atoms with E-state index in [2.05, 4.69) is 0 Å². The number of imidazole rings is 1. The van der Waals surface area contributed by atoms with Gasteiger partial charge in [0.2, 0.25) is 0 Å². The molecule has 0 fully saturated rings. The van der Waals surface area contributed by atoms with Crippen LogP contribution in [0.2, 0.25) is 0 Å². The second-order valence-corrected chi connectivity index (χ2v) is 2.79. The summed E-state index contributed by atoms with van der Waals surface area (Å²) < 4.78 is 2.66. The first-order valence-corrected chi connectivity index (χ1v) is 4.08. The fourth-order valence-corrected chi connectivity index (χ4v) is 1.08. The van der Waals surface area contributed by atoms with Crippen molar-refractivity contribution in [2.24, 2.45) is 0 Å². The maximum atomic E-state index is 11.4. The molecule has 1 unspecified atom stereocenters. The molecule has 72 valence electrons. The second-order valence-electron chi connectivity index (χ2n) is 2.79. The van der Waals surface area contributed by atoms with Crippen molar-refractivity contribution in [2.45, 2.75) is 26.4 Å². The molecule has 1 aromatic heterocycles. The predicted molar refractivity (Wildman–Crippen MR) is 46.7 cm³/mol. The van der Waals surface area contributed by atoms with Gasteiger partial charge in [0.15, 0.2) is 0 Å². The average Bonchev–Trinajstić information content (AvgIpc) is 2.45.